The highest BCUT2D eigenvalue weighted by Crippen LogP contribution is 2.56. The van der Waals surface area contributed by atoms with E-state index in [1.807, 2.05) is 61.5 Å². The SMILES string of the molecule is CON(C)C(=O)[C@H]1[C@H](c2ccc([N+](=O)[O-])cc2)C[C@@H](C#Cc2ccccc2)N2c3cc4ccccc4cc3O[C@]12C. The lowest BCUT2D eigenvalue weighted by Gasteiger charge is -2.51. The summed E-state index contributed by atoms with van der Waals surface area (Å²) < 4.78 is 6.78. The lowest BCUT2D eigenvalue weighted by molar-refractivity contribution is -0.384. The number of hydroxylamine groups is 2. The number of amides is 1. The van der Waals surface area contributed by atoms with E-state index in [0.29, 0.717) is 12.2 Å². The second-order valence-corrected chi connectivity index (χ2v) is 10.5. The Morgan fingerprint density at radius 3 is 2.37 bits per heavy atom. The molecule has 0 unspecified atom stereocenters. The van der Waals surface area contributed by atoms with Crippen molar-refractivity contribution in [3.63, 3.8) is 0 Å². The van der Waals surface area contributed by atoms with Crippen LogP contribution in [-0.4, -0.2) is 41.8 Å². The van der Waals surface area contributed by atoms with Gasteiger partial charge in [0.25, 0.3) is 11.6 Å². The van der Waals surface area contributed by atoms with Gasteiger partial charge in [0.05, 0.1) is 23.8 Å². The zero-order chi connectivity index (χ0) is 28.7. The van der Waals surface area contributed by atoms with Crippen LogP contribution in [0.1, 0.15) is 30.4 Å². The van der Waals surface area contributed by atoms with E-state index in [9.17, 15) is 14.9 Å². The van der Waals surface area contributed by atoms with Crippen molar-refractivity contribution in [2.75, 3.05) is 19.1 Å². The maximum absolute atomic E-state index is 14.1. The van der Waals surface area contributed by atoms with Gasteiger partial charge >= 0.3 is 0 Å². The summed E-state index contributed by atoms with van der Waals surface area (Å²) in [6.45, 7) is 1.93. The summed E-state index contributed by atoms with van der Waals surface area (Å²) in [6, 6.07) is 28.1. The third kappa shape index (κ3) is 4.54. The van der Waals surface area contributed by atoms with Gasteiger partial charge in [0.2, 0.25) is 0 Å². The summed E-state index contributed by atoms with van der Waals surface area (Å²) in [5.41, 5.74) is 1.43. The van der Waals surface area contributed by atoms with Gasteiger partial charge in [-0.25, -0.2) is 5.06 Å². The van der Waals surface area contributed by atoms with Gasteiger partial charge < -0.3 is 9.64 Å². The first kappa shape index (κ1) is 26.4. The first-order valence-electron chi connectivity index (χ1n) is 13.4. The van der Waals surface area contributed by atoms with Gasteiger partial charge in [-0.15, -0.1) is 0 Å². The van der Waals surface area contributed by atoms with Crippen molar-refractivity contribution in [3.8, 4) is 17.6 Å². The molecule has 1 fully saturated rings. The van der Waals surface area contributed by atoms with E-state index in [-0.39, 0.29) is 23.6 Å². The van der Waals surface area contributed by atoms with Crippen molar-refractivity contribution in [1.29, 1.82) is 0 Å². The molecule has 8 nitrogen and oxygen atoms in total. The number of hydrogen-bond acceptors (Lipinski definition) is 6. The van der Waals surface area contributed by atoms with Crippen LogP contribution in [0.3, 0.4) is 0 Å². The Morgan fingerprint density at radius 2 is 1.71 bits per heavy atom. The number of benzene rings is 4. The minimum absolute atomic E-state index is 0.00841. The lowest BCUT2D eigenvalue weighted by Crippen LogP contribution is -2.65. The van der Waals surface area contributed by atoms with Crippen LogP contribution in [0.2, 0.25) is 0 Å². The zero-order valence-corrected chi connectivity index (χ0v) is 23.0. The van der Waals surface area contributed by atoms with Crippen molar-refractivity contribution < 1.29 is 19.3 Å². The Hall–Kier alpha value is -4.87. The standard InChI is InChI=1S/C33H29N3O5/c1-33-31(32(37)34(2)40-3)28(23-14-17-26(18-15-23)36(38)39)21-27(16-13-22-9-5-4-6-10-22)35(33)29-19-24-11-7-8-12-25(24)20-30(29)41-33/h4-12,14-15,17-20,27-28,31H,21H2,1-3H3/t27-,28+,31-,33-/m1/s1. The number of non-ortho nitro benzene ring substituents is 1. The Bertz CT molecular complexity index is 1700. The predicted octanol–water partition coefficient (Wildman–Crippen LogP) is 5.91. The van der Waals surface area contributed by atoms with E-state index in [4.69, 9.17) is 9.57 Å². The number of rotatable bonds is 4. The molecule has 0 radical (unpaired) electrons. The molecule has 6 rings (SSSR count). The molecule has 0 aliphatic carbocycles. The summed E-state index contributed by atoms with van der Waals surface area (Å²) >= 11 is 0. The summed E-state index contributed by atoms with van der Waals surface area (Å²) in [5, 5.41) is 14.7. The minimum Gasteiger partial charge on any atom is -0.465 e. The van der Waals surface area contributed by atoms with Crippen LogP contribution in [0, 0.1) is 27.9 Å². The summed E-state index contributed by atoms with van der Waals surface area (Å²) in [4.78, 5) is 32.5. The van der Waals surface area contributed by atoms with Crippen LogP contribution in [0.4, 0.5) is 11.4 Å². The molecule has 2 aliphatic rings. The molecule has 2 heterocycles. The van der Waals surface area contributed by atoms with Crippen LogP contribution in [-0.2, 0) is 9.63 Å². The number of fused-ring (bicyclic) bond motifs is 4. The molecule has 1 saturated heterocycles. The van der Waals surface area contributed by atoms with E-state index in [0.717, 1.165) is 27.6 Å². The summed E-state index contributed by atoms with van der Waals surface area (Å²) in [6.07, 6.45) is 0.497. The molecule has 0 bridgehead atoms. The number of carbonyl (C=O) groups excluding carboxylic acids is 1. The molecule has 8 heteroatoms. The highest BCUT2D eigenvalue weighted by molar-refractivity contribution is 5.91. The second-order valence-electron chi connectivity index (χ2n) is 10.5. The van der Waals surface area contributed by atoms with E-state index in [1.165, 1.54) is 24.3 Å². The maximum atomic E-state index is 14.1. The van der Waals surface area contributed by atoms with E-state index in [1.54, 1.807) is 19.2 Å². The van der Waals surface area contributed by atoms with Crippen molar-refractivity contribution in [3.05, 3.63) is 112 Å². The van der Waals surface area contributed by atoms with Gasteiger partial charge in [-0.3, -0.25) is 19.7 Å². The predicted molar refractivity (Wildman–Crippen MR) is 156 cm³/mol. The number of carbonyl (C=O) groups is 1. The zero-order valence-electron chi connectivity index (χ0n) is 23.0. The van der Waals surface area contributed by atoms with Crippen LogP contribution in [0.15, 0.2) is 91.0 Å². The third-order valence-electron chi connectivity index (χ3n) is 8.19. The molecule has 4 aromatic carbocycles. The third-order valence-corrected chi connectivity index (χ3v) is 8.19. The first-order valence-corrected chi connectivity index (χ1v) is 13.4. The highest BCUT2D eigenvalue weighted by atomic mass is 16.7. The van der Waals surface area contributed by atoms with Crippen LogP contribution < -0.4 is 9.64 Å². The number of hydrogen-bond donors (Lipinski definition) is 0. The quantitative estimate of drug-likeness (QED) is 0.180. The molecule has 2 aliphatic heterocycles. The fraction of sp³-hybridized carbons (Fsp3) is 0.242. The topological polar surface area (TPSA) is 85.1 Å². The molecular weight excluding hydrogens is 518 g/mol. The van der Waals surface area contributed by atoms with E-state index >= 15 is 0 Å². The molecule has 0 N–H and O–H groups in total. The molecule has 4 atom stereocenters. The monoisotopic (exact) mass is 547 g/mol. The Kier molecular flexibility index (Phi) is 6.60. The van der Waals surface area contributed by atoms with Crippen molar-refractivity contribution in [2.24, 2.45) is 5.92 Å². The van der Waals surface area contributed by atoms with Gasteiger partial charge in [-0.2, -0.15) is 0 Å². The van der Waals surface area contributed by atoms with Gasteiger partial charge in [0.15, 0.2) is 5.72 Å². The number of piperidine rings is 1. The number of ether oxygens (including phenoxy) is 1. The lowest BCUT2D eigenvalue weighted by atomic mass is 9.71. The van der Waals surface area contributed by atoms with Crippen LogP contribution >= 0.6 is 0 Å². The molecule has 1 amide bonds. The van der Waals surface area contributed by atoms with Gasteiger partial charge in [0.1, 0.15) is 11.7 Å². The van der Waals surface area contributed by atoms with E-state index in [2.05, 4.69) is 28.9 Å². The molecule has 0 aromatic heterocycles. The second kappa shape index (κ2) is 10.3. The van der Waals surface area contributed by atoms with Crippen molar-refractivity contribution >= 4 is 28.1 Å². The van der Waals surface area contributed by atoms with E-state index < -0.39 is 16.6 Å². The average Bonchev–Trinajstić information content (AvgIpc) is 3.29. The summed E-state index contributed by atoms with van der Waals surface area (Å²) in [5.74, 6) is 6.17. The Balaban J connectivity index is 1.54. The minimum atomic E-state index is -1.12. The Labute approximate surface area is 238 Å². The Morgan fingerprint density at radius 1 is 1.05 bits per heavy atom. The summed E-state index contributed by atoms with van der Waals surface area (Å²) in [7, 11) is 3.04. The highest BCUT2D eigenvalue weighted by Gasteiger charge is 2.60. The molecule has 0 saturated carbocycles. The number of nitro groups is 1. The van der Waals surface area contributed by atoms with Gasteiger partial charge in [-0.05, 0) is 53.9 Å². The van der Waals surface area contributed by atoms with Crippen molar-refractivity contribution in [1.82, 2.24) is 5.06 Å². The molecule has 4 aromatic rings. The van der Waals surface area contributed by atoms with Crippen LogP contribution in [0.25, 0.3) is 10.8 Å². The number of nitro benzene ring substituents is 1. The number of nitrogens with zero attached hydrogens (tertiary/aromatic N) is 3. The largest absolute Gasteiger partial charge is 0.465 e. The molecule has 41 heavy (non-hydrogen) atoms. The first-order chi connectivity index (χ1) is 19.8. The fourth-order valence-corrected chi connectivity index (χ4v) is 6.20. The normalized spacial score (nSPS) is 22.6. The fourth-order valence-electron chi connectivity index (χ4n) is 6.20. The molecule has 206 valence electrons. The van der Waals surface area contributed by atoms with Gasteiger partial charge in [-0.1, -0.05) is 66.4 Å². The molecular formula is C33H29N3O5. The maximum Gasteiger partial charge on any atom is 0.269 e. The van der Waals surface area contributed by atoms with Crippen molar-refractivity contribution in [2.45, 2.75) is 31.0 Å². The number of anilines is 1. The van der Waals surface area contributed by atoms with Gasteiger partial charge in [0, 0.05) is 30.7 Å². The average molecular weight is 548 g/mol. The van der Waals surface area contributed by atoms with Crippen LogP contribution in [0.5, 0.6) is 5.75 Å². The smallest absolute Gasteiger partial charge is 0.269 e. The molecule has 0 spiro atoms.